The minimum absolute atomic E-state index is 0.188. The Hall–Kier alpha value is -1.64. The molecule has 4 aliphatic carbocycles. The van der Waals surface area contributed by atoms with E-state index in [9.17, 15) is 14.7 Å². The quantitative estimate of drug-likeness (QED) is 0.927. The minimum atomic E-state index is -0.703. The predicted octanol–water partition coefficient (Wildman–Crippen LogP) is 2.64. The highest BCUT2D eigenvalue weighted by atomic mass is 16.4. The summed E-state index contributed by atoms with van der Waals surface area (Å²) in [6.07, 6.45) is 3.11. The van der Waals surface area contributed by atoms with Crippen molar-refractivity contribution in [3.63, 3.8) is 0 Å². The summed E-state index contributed by atoms with van der Waals surface area (Å²) in [4.78, 5) is 23.8. The molecule has 0 heterocycles. The first-order valence-corrected chi connectivity index (χ1v) is 7.92. The van der Waals surface area contributed by atoms with Gasteiger partial charge in [-0.3, -0.25) is 9.59 Å². The van der Waals surface area contributed by atoms with Crippen LogP contribution in [-0.2, 0) is 15.0 Å². The molecular weight excluding hydrogens is 264 g/mol. The van der Waals surface area contributed by atoms with Gasteiger partial charge in [-0.25, -0.2) is 0 Å². The van der Waals surface area contributed by atoms with Gasteiger partial charge in [0, 0.05) is 17.3 Å². The summed E-state index contributed by atoms with van der Waals surface area (Å²) in [5, 5.41) is 9.48. The largest absolute Gasteiger partial charge is 0.481 e. The van der Waals surface area contributed by atoms with Crippen LogP contribution in [0.25, 0.3) is 0 Å². The standard InChI is InChI=1S/C18H18O3/c19-15(20)9-17(11-4-2-1-3-5-11)13-6-10-8-18(13)12(16(10)21)7-14(17)18/h1-5,10,12-14H,6-9H2,(H,19,20). The maximum Gasteiger partial charge on any atom is 0.304 e. The average molecular weight is 282 g/mol. The highest BCUT2D eigenvalue weighted by Gasteiger charge is 2.85. The number of carbonyl (C=O) groups is 2. The molecule has 6 unspecified atom stereocenters. The molecule has 1 spiro atoms. The van der Waals surface area contributed by atoms with Crippen LogP contribution in [0.5, 0.6) is 0 Å². The zero-order valence-corrected chi connectivity index (χ0v) is 11.8. The molecule has 21 heavy (non-hydrogen) atoms. The van der Waals surface area contributed by atoms with Crippen LogP contribution >= 0.6 is 0 Å². The molecule has 0 radical (unpaired) electrons. The summed E-state index contributed by atoms with van der Waals surface area (Å²) in [5.74, 6) is 1.09. The van der Waals surface area contributed by atoms with Crippen molar-refractivity contribution in [2.45, 2.75) is 31.1 Å². The summed E-state index contributed by atoms with van der Waals surface area (Å²) >= 11 is 0. The van der Waals surface area contributed by atoms with Crippen molar-refractivity contribution in [2.24, 2.45) is 29.1 Å². The van der Waals surface area contributed by atoms with Crippen molar-refractivity contribution in [3.8, 4) is 0 Å². The zero-order valence-electron chi connectivity index (χ0n) is 11.8. The first kappa shape index (κ1) is 12.0. The molecule has 2 bridgehead atoms. The van der Waals surface area contributed by atoms with Crippen molar-refractivity contribution >= 4 is 11.8 Å². The lowest BCUT2D eigenvalue weighted by Gasteiger charge is -2.76. The van der Waals surface area contributed by atoms with E-state index in [-0.39, 0.29) is 29.1 Å². The van der Waals surface area contributed by atoms with E-state index in [0.717, 1.165) is 19.3 Å². The summed E-state index contributed by atoms with van der Waals surface area (Å²) in [6, 6.07) is 10.2. The van der Waals surface area contributed by atoms with E-state index in [4.69, 9.17) is 0 Å². The van der Waals surface area contributed by atoms with Gasteiger partial charge >= 0.3 is 5.97 Å². The van der Waals surface area contributed by atoms with E-state index < -0.39 is 5.97 Å². The van der Waals surface area contributed by atoms with Crippen molar-refractivity contribution in [2.75, 3.05) is 0 Å². The topological polar surface area (TPSA) is 54.4 Å². The Labute approximate surface area is 123 Å². The van der Waals surface area contributed by atoms with Crippen LogP contribution < -0.4 is 0 Å². The van der Waals surface area contributed by atoms with Gasteiger partial charge < -0.3 is 5.11 Å². The molecule has 0 saturated heterocycles. The molecule has 1 aromatic carbocycles. The van der Waals surface area contributed by atoms with E-state index in [2.05, 4.69) is 12.1 Å². The monoisotopic (exact) mass is 282 g/mol. The van der Waals surface area contributed by atoms with Gasteiger partial charge in [-0.2, -0.15) is 0 Å². The van der Waals surface area contributed by atoms with Crippen molar-refractivity contribution < 1.29 is 14.7 Å². The second-order valence-electron chi connectivity index (χ2n) is 7.52. The normalized spacial score (nSPS) is 48.5. The number of benzene rings is 1. The Morgan fingerprint density at radius 3 is 2.57 bits per heavy atom. The van der Waals surface area contributed by atoms with Crippen LogP contribution in [-0.4, -0.2) is 16.9 Å². The van der Waals surface area contributed by atoms with Crippen molar-refractivity contribution in [3.05, 3.63) is 35.9 Å². The van der Waals surface area contributed by atoms with Crippen LogP contribution in [0.4, 0.5) is 0 Å². The number of hydrogen-bond acceptors (Lipinski definition) is 2. The lowest BCUT2D eigenvalue weighted by atomic mass is 9.26. The van der Waals surface area contributed by atoms with Gasteiger partial charge in [0.25, 0.3) is 0 Å². The third kappa shape index (κ3) is 1.05. The predicted molar refractivity (Wildman–Crippen MR) is 75.6 cm³/mol. The SMILES string of the molecule is O=C(O)CC1(c2ccccc2)C2CC3CC24C(CC14)C3=O. The molecule has 1 N–H and O–H groups in total. The molecule has 5 rings (SSSR count). The van der Waals surface area contributed by atoms with E-state index in [1.807, 2.05) is 18.2 Å². The number of aliphatic carboxylic acids is 1. The average Bonchev–Trinajstić information content (AvgIpc) is 2.95. The Bertz CT molecular complexity index is 666. The molecule has 3 heteroatoms. The maximum absolute atomic E-state index is 12.2. The molecule has 4 saturated carbocycles. The molecular formula is C18H18O3. The van der Waals surface area contributed by atoms with Crippen LogP contribution in [0.1, 0.15) is 31.2 Å². The van der Waals surface area contributed by atoms with Gasteiger partial charge in [-0.1, -0.05) is 30.3 Å². The van der Waals surface area contributed by atoms with Gasteiger partial charge in [-0.05, 0) is 42.1 Å². The molecule has 0 amide bonds. The van der Waals surface area contributed by atoms with E-state index >= 15 is 0 Å². The number of fused-ring (bicyclic) bond motifs is 1. The Morgan fingerprint density at radius 2 is 1.90 bits per heavy atom. The van der Waals surface area contributed by atoms with Gasteiger partial charge in [0.05, 0.1) is 6.42 Å². The van der Waals surface area contributed by atoms with Gasteiger partial charge in [0.15, 0.2) is 0 Å². The minimum Gasteiger partial charge on any atom is -0.481 e. The highest BCUT2D eigenvalue weighted by Crippen LogP contribution is 2.86. The second kappa shape index (κ2) is 3.40. The number of Topliss-reactive ketones (excluding diaryl/α,β-unsaturated/α-hetero) is 1. The third-order valence-corrected chi connectivity index (χ3v) is 7.28. The number of carboxylic acids is 1. The van der Waals surface area contributed by atoms with Gasteiger partial charge in [-0.15, -0.1) is 0 Å². The number of ketones is 1. The van der Waals surface area contributed by atoms with Gasteiger partial charge in [0.2, 0.25) is 0 Å². The van der Waals surface area contributed by atoms with Crippen LogP contribution in [0.2, 0.25) is 0 Å². The van der Waals surface area contributed by atoms with Crippen LogP contribution in [0, 0.1) is 29.1 Å². The molecule has 108 valence electrons. The first-order valence-electron chi connectivity index (χ1n) is 7.92. The number of carbonyl (C=O) groups excluding carboxylic acids is 1. The van der Waals surface area contributed by atoms with E-state index in [1.165, 1.54) is 5.56 Å². The Morgan fingerprint density at radius 1 is 1.19 bits per heavy atom. The molecule has 0 aromatic heterocycles. The lowest BCUT2D eigenvalue weighted by Crippen LogP contribution is -2.75. The Balaban J connectivity index is 1.64. The van der Waals surface area contributed by atoms with Crippen molar-refractivity contribution in [1.82, 2.24) is 0 Å². The molecule has 0 aliphatic heterocycles. The summed E-state index contributed by atoms with van der Waals surface area (Å²) in [5.41, 5.74) is 1.16. The first-order chi connectivity index (χ1) is 10.1. The summed E-state index contributed by atoms with van der Waals surface area (Å²) in [6.45, 7) is 0. The Kier molecular flexibility index (Phi) is 1.93. The molecule has 4 fully saturated rings. The lowest BCUT2D eigenvalue weighted by molar-refractivity contribution is -0.244. The van der Waals surface area contributed by atoms with E-state index in [1.54, 1.807) is 0 Å². The number of rotatable bonds is 3. The van der Waals surface area contributed by atoms with Crippen molar-refractivity contribution in [1.29, 1.82) is 0 Å². The number of hydrogen-bond donors (Lipinski definition) is 1. The fourth-order valence-corrected chi connectivity index (χ4v) is 6.84. The maximum atomic E-state index is 12.2. The summed E-state index contributed by atoms with van der Waals surface area (Å²) in [7, 11) is 0. The summed E-state index contributed by atoms with van der Waals surface area (Å²) < 4.78 is 0. The fourth-order valence-electron chi connectivity index (χ4n) is 6.84. The molecule has 6 atom stereocenters. The van der Waals surface area contributed by atoms with Crippen LogP contribution in [0.3, 0.4) is 0 Å². The van der Waals surface area contributed by atoms with Gasteiger partial charge in [0.1, 0.15) is 5.78 Å². The molecule has 3 nitrogen and oxygen atoms in total. The van der Waals surface area contributed by atoms with E-state index in [0.29, 0.717) is 17.6 Å². The molecule has 1 aromatic rings. The second-order valence-corrected chi connectivity index (χ2v) is 7.52. The molecule has 4 aliphatic rings. The highest BCUT2D eigenvalue weighted by molar-refractivity contribution is 5.91. The zero-order chi connectivity index (χ0) is 14.4. The third-order valence-electron chi connectivity index (χ3n) is 7.28. The smallest absolute Gasteiger partial charge is 0.304 e. The fraction of sp³-hybridized carbons (Fsp3) is 0.556. The number of carboxylic acid groups (broad SMARTS) is 1. The van der Waals surface area contributed by atoms with Crippen LogP contribution in [0.15, 0.2) is 30.3 Å².